The van der Waals surface area contributed by atoms with E-state index in [2.05, 4.69) is 4.98 Å². The van der Waals surface area contributed by atoms with Gasteiger partial charge in [-0.05, 0) is 12.1 Å². The Morgan fingerprint density at radius 1 is 1.65 bits per heavy atom. The average Bonchev–Trinajstić information content (AvgIpc) is 2.59. The number of amides is 1. The van der Waals surface area contributed by atoms with Crippen molar-refractivity contribution in [1.29, 1.82) is 0 Å². The quantitative estimate of drug-likeness (QED) is 0.835. The van der Waals surface area contributed by atoms with Crippen LogP contribution in [0.3, 0.4) is 0 Å². The van der Waals surface area contributed by atoms with Crippen LogP contribution in [0.15, 0.2) is 18.3 Å². The van der Waals surface area contributed by atoms with Crippen molar-refractivity contribution in [2.45, 2.75) is 18.6 Å². The molecule has 0 radical (unpaired) electrons. The number of carbonyl (C=O) groups excluding carboxylic acids is 2. The Labute approximate surface area is 108 Å². The van der Waals surface area contributed by atoms with Crippen LogP contribution in [0, 0.1) is 4.64 Å². The van der Waals surface area contributed by atoms with Crippen LogP contribution in [-0.4, -0.2) is 27.8 Å². The van der Waals surface area contributed by atoms with Gasteiger partial charge in [0.1, 0.15) is 4.64 Å². The van der Waals surface area contributed by atoms with Crippen molar-refractivity contribution in [3.63, 3.8) is 0 Å². The minimum absolute atomic E-state index is 0.0226. The van der Waals surface area contributed by atoms with Crippen molar-refractivity contribution in [3.8, 4) is 0 Å². The van der Waals surface area contributed by atoms with Gasteiger partial charge in [-0.2, -0.15) is 0 Å². The molecule has 1 amide bonds. The Balaban J connectivity index is 2.19. The van der Waals surface area contributed by atoms with E-state index in [0.29, 0.717) is 17.6 Å². The van der Waals surface area contributed by atoms with Crippen LogP contribution < -0.4 is 4.90 Å². The fourth-order valence-corrected chi connectivity index (χ4v) is 3.01. The second-order valence-electron chi connectivity index (χ2n) is 3.82. The first-order chi connectivity index (χ1) is 8.08. The third-order valence-corrected chi connectivity index (χ3v) is 3.82. The Bertz CT molecular complexity index is 512. The number of nitrogens with zero attached hydrogens (tertiary/aromatic N) is 1. The lowest BCUT2D eigenvalue weighted by atomic mass is 10.4. The summed E-state index contributed by atoms with van der Waals surface area (Å²) in [5.74, 6) is 0.0226. The Morgan fingerprint density at radius 3 is 3.06 bits per heavy atom. The van der Waals surface area contributed by atoms with Gasteiger partial charge in [-0.3, -0.25) is 9.59 Å². The normalized spacial score (nSPS) is 19.7. The Morgan fingerprint density at radius 2 is 2.41 bits per heavy atom. The number of H-pyrrole nitrogens is 1. The molecule has 90 valence electrons. The number of rotatable bonds is 2. The number of nitrogens with one attached hydrogen (secondary N) is 1. The highest BCUT2D eigenvalue weighted by molar-refractivity contribution is 8.14. The van der Waals surface area contributed by atoms with Crippen molar-refractivity contribution in [3.05, 3.63) is 23.0 Å². The topological polar surface area (TPSA) is 53.2 Å². The largest absolute Gasteiger partial charge is 0.351 e. The van der Waals surface area contributed by atoms with Gasteiger partial charge in [0.05, 0.1) is 5.69 Å². The van der Waals surface area contributed by atoms with E-state index < -0.39 is 0 Å². The molecule has 1 aromatic rings. The molecule has 2 heterocycles. The molecule has 0 bridgehead atoms. The summed E-state index contributed by atoms with van der Waals surface area (Å²) in [5.41, 5.74) is 0.721. The molecule has 1 saturated heterocycles. The number of thioether (sulfide) groups is 1. The van der Waals surface area contributed by atoms with Crippen LogP contribution in [0.2, 0.25) is 0 Å². The zero-order valence-corrected chi connectivity index (χ0v) is 10.9. The highest BCUT2D eigenvalue weighted by Gasteiger charge is 2.32. The van der Waals surface area contributed by atoms with Gasteiger partial charge in [-0.15, -0.1) is 0 Å². The van der Waals surface area contributed by atoms with E-state index >= 15 is 0 Å². The molecule has 1 unspecified atom stereocenters. The van der Waals surface area contributed by atoms with Crippen LogP contribution in [0.5, 0.6) is 0 Å². The smallest absolute Gasteiger partial charge is 0.228 e. The average molecular weight is 268 g/mol. The molecule has 2 rings (SSSR count). The number of aromatic nitrogens is 1. The van der Waals surface area contributed by atoms with E-state index in [9.17, 15) is 9.59 Å². The van der Waals surface area contributed by atoms with Crippen LogP contribution >= 0.6 is 24.0 Å². The molecule has 4 nitrogen and oxygen atoms in total. The first-order valence-electron chi connectivity index (χ1n) is 5.23. The summed E-state index contributed by atoms with van der Waals surface area (Å²) in [4.78, 5) is 27.4. The molecular formula is C11H12N2O2S2. The zero-order valence-electron chi connectivity index (χ0n) is 9.30. The molecule has 1 aliphatic rings. The lowest BCUT2D eigenvalue weighted by Gasteiger charge is -2.15. The van der Waals surface area contributed by atoms with Crippen molar-refractivity contribution < 1.29 is 9.59 Å². The van der Waals surface area contributed by atoms with Gasteiger partial charge in [0.15, 0.2) is 5.12 Å². The molecule has 1 N–H and O–H groups in total. The van der Waals surface area contributed by atoms with Crippen LogP contribution in [0.4, 0.5) is 5.69 Å². The molecule has 1 aliphatic heterocycles. The molecule has 0 aliphatic carbocycles. The third-order valence-electron chi connectivity index (χ3n) is 2.51. The molecular weight excluding hydrogens is 256 g/mol. The fourth-order valence-electron chi connectivity index (χ4n) is 1.85. The second kappa shape index (κ2) is 5.01. The maximum atomic E-state index is 11.9. The standard InChI is InChI=1S/C11H12N2O2S2/c1-7(14)17-8-5-10(15)13(6-8)9-3-2-4-12-11(9)16/h2-4,8H,5-6H2,1H3,(H,12,16). The summed E-state index contributed by atoms with van der Waals surface area (Å²) in [5, 5.41) is 0.0810. The maximum absolute atomic E-state index is 11.9. The summed E-state index contributed by atoms with van der Waals surface area (Å²) in [6, 6.07) is 3.63. The number of anilines is 1. The third kappa shape index (κ3) is 2.76. The molecule has 0 aromatic carbocycles. The number of pyridine rings is 1. The van der Waals surface area contributed by atoms with Crippen LogP contribution in [-0.2, 0) is 9.59 Å². The highest BCUT2D eigenvalue weighted by Crippen LogP contribution is 2.28. The molecule has 6 heteroatoms. The molecule has 1 fully saturated rings. The minimum Gasteiger partial charge on any atom is -0.351 e. The highest BCUT2D eigenvalue weighted by atomic mass is 32.2. The summed E-state index contributed by atoms with van der Waals surface area (Å²) in [6.45, 7) is 2.07. The minimum atomic E-state index is 0.0226. The predicted molar refractivity (Wildman–Crippen MR) is 70.7 cm³/mol. The molecule has 0 saturated carbocycles. The summed E-state index contributed by atoms with van der Waals surface area (Å²) < 4.78 is 0.550. The van der Waals surface area contributed by atoms with Gasteiger partial charge in [-0.1, -0.05) is 24.0 Å². The fraction of sp³-hybridized carbons (Fsp3) is 0.364. The second-order valence-corrected chi connectivity index (χ2v) is 5.71. The molecule has 17 heavy (non-hydrogen) atoms. The van der Waals surface area contributed by atoms with E-state index in [0.717, 1.165) is 5.69 Å². The molecule has 1 aromatic heterocycles. The van der Waals surface area contributed by atoms with E-state index in [-0.39, 0.29) is 16.3 Å². The number of hydrogen-bond acceptors (Lipinski definition) is 4. The van der Waals surface area contributed by atoms with E-state index in [1.165, 1.54) is 18.7 Å². The summed E-state index contributed by atoms with van der Waals surface area (Å²) >= 11 is 6.37. The van der Waals surface area contributed by atoms with Gasteiger partial charge in [0.2, 0.25) is 5.91 Å². The van der Waals surface area contributed by atoms with Gasteiger partial charge < -0.3 is 9.88 Å². The Hall–Kier alpha value is -1.14. The number of carbonyl (C=O) groups is 2. The van der Waals surface area contributed by atoms with Crippen molar-refractivity contribution >= 4 is 40.7 Å². The zero-order chi connectivity index (χ0) is 12.4. The van der Waals surface area contributed by atoms with Gasteiger partial charge in [0.25, 0.3) is 0 Å². The first-order valence-corrected chi connectivity index (χ1v) is 6.52. The van der Waals surface area contributed by atoms with E-state index in [1.807, 2.05) is 12.1 Å². The molecule has 0 spiro atoms. The number of aromatic amines is 1. The SMILES string of the molecule is CC(=O)SC1CC(=O)N(c2ccc[nH]c2=S)C1. The van der Waals surface area contributed by atoms with Crippen LogP contribution in [0.1, 0.15) is 13.3 Å². The number of hydrogen-bond donors (Lipinski definition) is 1. The Kier molecular flexibility index (Phi) is 3.63. The van der Waals surface area contributed by atoms with E-state index in [4.69, 9.17) is 12.2 Å². The summed E-state index contributed by atoms with van der Waals surface area (Å²) in [6.07, 6.45) is 2.13. The lowest BCUT2D eigenvalue weighted by molar-refractivity contribution is -0.117. The lowest BCUT2D eigenvalue weighted by Crippen LogP contribution is -2.25. The van der Waals surface area contributed by atoms with Crippen molar-refractivity contribution in [2.75, 3.05) is 11.4 Å². The van der Waals surface area contributed by atoms with Gasteiger partial charge >= 0.3 is 0 Å². The van der Waals surface area contributed by atoms with Crippen molar-refractivity contribution in [2.24, 2.45) is 0 Å². The monoisotopic (exact) mass is 268 g/mol. The van der Waals surface area contributed by atoms with Crippen molar-refractivity contribution in [1.82, 2.24) is 4.98 Å². The van der Waals surface area contributed by atoms with Crippen LogP contribution in [0.25, 0.3) is 0 Å². The summed E-state index contributed by atoms with van der Waals surface area (Å²) in [7, 11) is 0. The van der Waals surface area contributed by atoms with Gasteiger partial charge in [-0.25, -0.2) is 0 Å². The maximum Gasteiger partial charge on any atom is 0.228 e. The first kappa shape index (κ1) is 12.3. The molecule has 1 atom stereocenters. The predicted octanol–water partition coefficient (Wildman–Crippen LogP) is 2.13. The van der Waals surface area contributed by atoms with Gasteiger partial charge in [0, 0.05) is 31.3 Å². The van der Waals surface area contributed by atoms with E-state index in [1.54, 1.807) is 11.1 Å².